The molecule has 1 fully saturated rings. The number of piperidine rings is 1. The molecule has 0 aliphatic carbocycles. The molecular formula is C23H26ClN5O2. The molecule has 1 aliphatic heterocycles. The van der Waals surface area contributed by atoms with Gasteiger partial charge in [0.25, 0.3) is 11.9 Å². The van der Waals surface area contributed by atoms with Crippen LogP contribution in [0.25, 0.3) is 11.1 Å². The molecule has 162 valence electrons. The standard InChI is InChI=1S/C23H26ClN5O2/c1-29-10-8-15(9-11-29)2-5-18-6-3-17(13-26-18)16-4-7-19(24)20(12-16)27-22(30)21-14-31-23(25)28-21/h3-4,6-7,12-15H,2,5,8-11H2,1H3,(H2,25,28)(H,27,30). The van der Waals surface area contributed by atoms with Crippen LogP contribution in [0.5, 0.6) is 0 Å². The SMILES string of the molecule is CN1CCC(CCc2ccc(-c3ccc(Cl)c(NC(=O)c4coc(N)n4)c3)cn2)CC1. The highest BCUT2D eigenvalue weighted by molar-refractivity contribution is 6.34. The highest BCUT2D eigenvalue weighted by atomic mass is 35.5. The molecule has 4 rings (SSSR count). The molecule has 1 aliphatic rings. The predicted octanol–water partition coefficient (Wildman–Crippen LogP) is 4.50. The zero-order chi connectivity index (χ0) is 21.8. The number of nitrogens with one attached hydrogen (secondary N) is 1. The number of rotatable bonds is 6. The number of hydrogen-bond acceptors (Lipinski definition) is 6. The van der Waals surface area contributed by atoms with Crippen molar-refractivity contribution in [2.45, 2.75) is 25.7 Å². The van der Waals surface area contributed by atoms with Crippen molar-refractivity contribution in [3.63, 3.8) is 0 Å². The normalized spacial score (nSPS) is 15.2. The van der Waals surface area contributed by atoms with Crippen LogP contribution in [0.1, 0.15) is 35.4 Å². The van der Waals surface area contributed by atoms with Crippen molar-refractivity contribution in [2.24, 2.45) is 5.92 Å². The van der Waals surface area contributed by atoms with Crippen LogP contribution in [-0.2, 0) is 6.42 Å². The summed E-state index contributed by atoms with van der Waals surface area (Å²) in [6, 6.07) is 9.55. The summed E-state index contributed by atoms with van der Waals surface area (Å²) in [7, 11) is 2.19. The lowest BCUT2D eigenvalue weighted by atomic mass is 9.91. The number of oxazole rings is 1. The van der Waals surface area contributed by atoms with Crippen LogP contribution in [0.2, 0.25) is 5.02 Å². The molecule has 3 aromatic rings. The molecular weight excluding hydrogens is 414 g/mol. The minimum absolute atomic E-state index is 0.0630. The van der Waals surface area contributed by atoms with Crippen LogP contribution in [0, 0.1) is 5.92 Å². The topological polar surface area (TPSA) is 97.3 Å². The Morgan fingerprint density at radius 3 is 2.71 bits per heavy atom. The molecule has 1 aromatic carbocycles. The fourth-order valence-electron chi connectivity index (χ4n) is 3.82. The number of likely N-dealkylation sites (tertiary alicyclic amines) is 1. The first-order chi connectivity index (χ1) is 15.0. The Morgan fingerprint density at radius 1 is 1.26 bits per heavy atom. The summed E-state index contributed by atoms with van der Waals surface area (Å²) in [5, 5.41) is 3.18. The van der Waals surface area contributed by atoms with Crippen LogP contribution in [0.15, 0.2) is 47.2 Å². The zero-order valence-electron chi connectivity index (χ0n) is 17.5. The van der Waals surface area contributed by atoms with Gasteiger partial charge < -0.3 is 20.4 Å². The van der Waals surface area contributed by atoms with Crippen molar-refractivity contribution < 1.29 is 9.21 Å². The number of hydrogen-bond donors (Lipinski definition) is 2. The minimum atomic E-state index is -0.443. The Bertz CT molecular complexity index is 1040. The fraction of sp³-hybridized carbons (Fsp3) is 0.348. The van der Waals surface area contributed by atoms with Gasteiger partial charge in [0.05, 0.1) is 10.7 Å². The van der Waals surface area contributed by atoms with E-state index in [9.17, 15) is 4.79 Å². The lowest BCUT2D eigenvalue weighted by molar-refractivity contribution is 0.102. The van der Waals surface area contributed by atoms with Crippen molar-refractivity contribution in [2.75, 3.05) is 31.2 Å². The smallest absolute Gasteiger partial charge is 0.292 e. The summed E-state index contributed by atoms with van der Waals surface area (Å²) in [4.78, 5) is 23.2. The van der Waals surface area contributed by atoms with E-state index < -0.39 is 5.91 Å². The number of nitrogens with two attached hydrogens (primary N) is 1. The Hall–Kier alpha value is -2.90. The second kappa shape index (κ2) is 9.49. The summed E-state index contributed by atoms with van der Waals surface area (Å²) in [6.07, 6.45) is 7.80. The third kappa shape index (κ3) is 5.42. The molecule has 1 saturated heterocycles. The predicted molar refractivity (Wildman–Crippen MR) is 122 cm³/mol. The van der Waals surface area contributed by atoms with E-state index in [4.69, 9.17) is 21.8 Å². The van der Waals surface area contributed by atoms with E-state index in [1.54, 1.807) is 6.07 Å². The highest BCUT2D eigenvalue weighted by Gasteiger charge is 2.17. The summed E-state index contributed by atoms with van der Waals surface area (Å²) in [6.45, 7) is 2.38. The van der Waals surface area contributed by atoms with E-state index in [1.165, 1.54) is 38.6 Å². The van der Waals surface area contributed by atoms with Crippen LogP contribution in [0.4, 0.5) is 11.7 Å². The van der Waals surface area contributed by atoms with E-state index in [1.807, 2.05) is 18.3 Å². The first kappa shape index (κ1) is 21.3. The first-order valence-electron chi connectivity index (χ1n) is 10.4. The zero-order valence-corrected chi connectivity index (χ0v) is 18.2. The number of benzene rings is 1. The van der Waals surface area contributed by atoms with Gasteiger partial charge in [-0.3, -0.25) is 9.78 Å². The number of carbonyl (C=O) groups excluding carboxylic acids is 1. The Kier molecular flexibility index (Phi) is 6.53. The van der Waals surface area contributed by atoms with Crippen molar-refractivity contribution >= 4 is 29.2 Å². The van der Waals surface area contributed by atoms with Gasteiger partial charge >= 0.3 is 0 Å². The molecule has 0 unspecified atom stereocenters. The molecule has 0 saturated carbocycles. The van der Waals surface area contributed by atoms with E-state index in [-0.39, 0.29) is 11.7 Å². The second-order valence-corrected chi connectivity index (χ2v) is 8.45. The number of aryl methyl sites for hydroxylation is 1. The Morgan fingerprint density at radius 2 is 2.03 bits per heavy atom. The van der Waals surface area contributed by atoms with Gasteiger partial charge in [-0.25, -0.2) is 0 Å². The molecule has 2 aromatic heterocycles. The van der Waals surface area contributed by atoms with E-state index >= 15 is 0 Å². The van der Waals surface area contributed by atoms with Gasteiger partial charge in [-0.05, 0) is 75.5 Å². The molecule has 31 heavy (non-hydrogen) atoms. The molecule has 0 radical (unpaired) electrons. The molecule has 1 amide bonds. The van der Waals surface area contributed by atoms with Gasteiger partial charge in [0.2, 0.25) is 0 Å². The molecule has 7 nitrogen and oxygen atoms in total. The average molecular weight is 440 g/mol. The number of pyridine rings is 1. The number of aromatic nitrogens is 2. The van der Waals surface area contributed by atoms with Crippen molar-refractivity contribution in [3.05, 3.63) is 59.2 Å². The molecule has 3 heterocycles. The van der Waals surface area contributed by atoms with Gasteiger partial charge in [0, 0.05) is 17.5 Å². The molecule has 0 atom stereocenters. The number of carbonyl (C=O) groups is 1. The third-order valence-electron chi connectivity index (χ3n) is 5.77. The third-order valence-corrected chi connectivity index (χ3v) is 6.10. The molecule has 0 bridgehead atoms. The number of halogens is 1. The monoisotopic (exact) mass is 439 g/mol. The summed E-state index contributed by atoms with van der Waals surface area (Å²) in [5.41, 5.74) is 8.98. The van der Waals surface area contributed by atoms with Crippen molar-refractivity contribution in [1.29, 1.82) is 0 Å². The molecule has 8 heteroatoms. The molecule has 0 spiro atoms. The van der Waals surface area contributed by atoms with Crippen LogP contribution < -0.4 is 11.1 Å². The van der Waals surface area contributed by atoms with Crippen molar-refractivity contribution in [1.82, 2.24) is 14.9 Å². The summed E-state index contributed by atoms with van der Waals surface area (Å²) >= 11 is 6.27. The lowest BCUT2D eigenvalue weighted by Gasteiger charge is -2.28. The summed E-state index contributed by atoms with van der Waals surface area (Å²) in [5.74, 6) is 0.349. The number of anilines is 2. The second-order valence-electron chi connectivity index (χ2n) is 8.04. The van der Waals surface area contributed by atoms with Crippen LogP contribution in [0.3, 0.4) is 0 Å². The van der Waals surface area contributed by atoms with Crippen LogP contribution in [-0.4, -0.2) is 40.9 Å². The molecule has 3 N–H and O–H groups in total. The fourth-order valence-corrected chi connectivity index (χ4v) is 3.99. The van der Waals surface area contributed by atoms with E-state index in [0.717, 1.165) is 29.2 Å². The number of amides is 1. The lowest BCUT2D eigenvalue weighted by Crippen LogP contribution is -2.30. The maximum Gasteiger partial charge on any atom is 0.292 e. The highest BCUT2D eigenvalue weighted by Crippen LogP contribution is 2.29. The maximum atomic E-state index is 12.3. The van der Waals surface area contributed by atoms with E-state index in [2.05, 4.69) is 39.4 Å². The quantitative estimate of drug-likeness (QED) is 0.586. The first-order valence-corrected chi connectivity index (χ1v) is 10.8. The Balaban J connectivity index is 1.41. The number of nitrogens with zero attached hydrogens (tertiary/aromatic N) is 3. The minimum Gasteiger partial charge on any atom is -0.431 e. The van der Waals surface area contributed by atoms with Gasteiger partial charge in [-0.15, -0.1) is 0 Å². The van der Waals surface area contributed by atoms with Gasteiger partial charge in [-0.1, -0.05) is 23.7 Å². The van der Waals surface area contributed by atoms with Gasteiger partial charge in [-0.2, -0.15) is 4.98 Å². The average Bonchev–Trinajstić information content (AvgIpc) is 3.22. The van der Waals surface area contributed by atoms with Gasteiger partial charge in [0.15, 0.2) is 5.69 Å². The number of nitrogen functional groups attached to an aromatic ring is 1. The van der Waals surface area contributed by atoms with E-state index in [0.29, 0.717) is 10.7 Å². The maximum absolute atomic E-state index is 12.3. The van der Waals surface area contributed by atoms with Gasteiger partial charge in [0.1, 0.15) is 6.26 Å². The van der Waals surface area contributed by atoms with Crippen molar-refractivity contribution in [3.8, 4) is 11.1 Å². The largest absolute Gasteiger partial charge is 0.431 e. The Labute approximate surface area is 186 Å². The van der Waals surface area contributed by atoms with Crippen LogP contribution >= 0.6 is 11.6 Å². The summed E-state index contributed by atoms with van der Waals surface area (Å²) < 4.78 is 4.88.